The van der Waals surface area contributed by atoms with Crippen molar-refractivity contribution in [1.82, 2.24) is 0 Å². The topological polar surface area (TPSA) is 37.3 Å². The van der Waals surface area contributed by atoms with Crippen LogP contribution in [-0.2, 0) is 0 Å². The molecule has 14 heavy (non-hydrogen) atoms. The van der Waals surface area contributed by atoms with E-state index in [1.165, 1.54) is 5.57 Å². The second-order valence-electron chi connectivity index (χ2n) is 3.11. The molecule has 0 saturated carbocycles. The van der Waals surface area contributed by atoms with Gasteiger partial charge in [0, 0.05) is 0 Å². The molecule has 74 valence electrons. The predicted molar refractivity (Wildman–Crippen MR) is 58.2 cm³/mol. The van der Waals surface area contributed by atoms with Crippen molar-refractivity contribution < 1.29 is 9.90 Å². The monoisotopic (exact) mass is 256 g/mol. The first kappa shape index (κ1) is 11.0. The number of hydrogen-bond donors (Lipinski definition) is 1. The molecule has 3 heteroatoms. The molecule has 1 rings (SSSR count). The van der Waals surface area contributed by atoms with Crippen LogP contribution in [0.2, 0.25) is 0 Å². The number of carbonyl (C=O) groups is 1. The van der Waals surface area contributed by atoms with Crippen LogP contribution in [0, 0.1) is 0 Å². The standard InChI is InChI=1S/C11H12O2Se/c1-8(2)7-14-10-6-4-3-5-9(10)11(12)13/h3-7H,1-2H3,(H,12,13). The van der Waals surface area contributed by atoms with Gasteiger partial charge in [0.15, 0.2) is 0 Å². The Kier molecular flexibility index (Phi) is 3.93. The number of rotatable bonds is 3. The van der Waals surface area contributed by atoms with E-state index in [9.17, 15) is 4.79 Å². The van der Waals surface area contributed by atoms with E-state index in [1.807, 2.05) is 26.0 Å². The second kappa shape index (κ2) is 4.99. The molecule has 1 N–H and O–H groups in total. The fourth-order valence-electron chi connectivity index (χ4n) is 0.927. The molecule has 0 fully saturated rings. The number of carboxylic acid groups (broad SMARTS) is 1. The van der Waals surface area contributed by atoms with E-state index in [0.29, 0.717) is 5.56 Å². The Morgan fingerprint density at radius 1 is 1.36 bits per heavy atom. The molecular weight excluding hydrogens is 243 g/mol. The van der Waals surface area contributed by atoms with Crippen molar-refractivity contribution in [2.45, 2.75) is 13.8 Å². The maximum atomic E-state index is 10.9. The molecule has 1 aromatic rings. The molecule has 0 atom stereocenters. The average molecular weight is 255 g/mol. The maximum absolute atomic E-state index is 10.9. The van der Waals surface area contributed by atoms with Crippen molar-refractivity contribution >= 4 is 25.4 Å². The summed E-state index contributed by atoms with van der Waals surface area (Å²) in [5.41, 5.74) is 1.65. The Morgan fingerprint density at radius 3 is 2.57 bits per heavy atom. The predicted octanol–water partition coefficient (Wildman–Crippen LogP) is 1.64. The van der Waals surface area contributed by atoms with E-state index < -0.39 is 5.97 Å². The molecule has 0 amide bonds. The zero-order chi connectivity index (χ0) is 10.6. The molecule has 0 spiro atoms. The third-order valence-electron chi connectivity index (χ3n) is 1.54. The van der Waals surface area contributed by atoms with Crippen molar-refractivity contribution in [2.24, 2.45) is 0 Å². The van der Waals surface area contributed by atoms with Crippen LogP contribution in [0.3, 0.4) is 0 Å². The van der Waals surface area contributed by atoms with Crippen molar-refractivity contribution in [3.05, 3.63) is 40.4 Å². The van der Waals surface area contributed by atoms with E-state index in [1.54, 1.807) is 12.1 Å². The van der Waals surface area contributed by atoms with Gasteiger partial charge >= 0.3 is 89.5 Å². The molecule has 0 aromatic heterocycles. The van der Waals surface area contributed by atoms with E-state index in [4.69, 9.17) is 5.11 Å². The number of allylic oxidation sites excluding steroid dienone is 1. The summed E-state index contributed by atoms with van der Waals surface area (Å²) >= 11 is 0.119. The van der Waals surface area contributed by atoms with Gasteiger partial charge in [-0.2, -0.15) is 0 Å². The van der Waals surface area contributed by atoms with Gasteiger partial charge in [0.1, 0.15) is 0 Å². The first-order chi connectivity index (χ1) is 6.61. The summed E-state index contributed by atoms with van der Waals surface area (Å²) in [5, 5.41) is 8.92. The fraction of sp³-hybridized carbons (Fsp3) is 0.182. The zero-order valence-electron chi connectivity index (χ0n) is 8.15. The first-order valence-corrected chi connectivity index (χ1v) is 6.08. The van der Waals surface area contributed by atoms with Crippen molar-refractivity contribution in [1.29, 1.82) is 0 Å². The Labute approximate surface area is 89.8 Å². The summed E-state index contributed by atoms with van der Waals surface area (Å²) in [5.74, 6) is -0.843. The Balaban J connectivity index is 2.96. The number of aromatic carboxylic acids is 1. The van der Waals surface area contributed by atoms with Gasteiger partial charge in [-0.05, 0) is 0 Å². The molecule has 0 aliphatic heterocycles. The molecule has 0 heterocycles. The summed E-state index contributed by atoms with van der Waals surface area (Å²) in [6.07, 6.45) is 0. The van der Waals surface area contributed by atoms with Gasteiger partial charge in [0.25, 0.3) is 0 Å². The summed E-state index contributed by atoms with van der Waals surface area (Å²) in [7, 11) is 0. The van der Waals surface area contributed by atoms with Crippen LogP contribution >= 0.6 is 0 Å². The fourth-order valence-corrected chi connectivity index (χ4v) is 2.61. The second-order valence-corrected chi connectivity index (χ2v) is 5.03. The normalized spacial score (nSPS) is 9.57. The Bertz CT molecular complexity index is 365. The Hall–Kier alpha value is -1.05. The zero-order valence-corrected chi connectivity index (χ0v) is 9.86. The average Bonchev–Trinajstić information content (AvgIpc) is 2.15. The molecule has 0 saturated heterocycles. The SMILES string of the molecule is CC(C)=C[Se]c1ccccc1C(=O)O. The third kappa shape index (κ3) is 3.02. The van der Waals surface area contributed by atoms with Crippen LogP contribution in [0.5, 0.6) is 0 Å². The van der Waals surface area contributed by atoms with E-state index in [-0.39, 0.29) is 15.0 Å². The van der Waals surface area contributed by atoms with Crippen LogP contribution in [0.25, 0.3) is 0 Å². The Morgan fingerprint density at radius 2 is 2.00 bits per heavy atom. The third-order valence-corrected chi connectivity index (χ3v) is 4.06. The summed E-state index contributed by atoms with van der Waals surface area (Å²) in [4.78, 5) is 12.9. The molecule has 0 radical (unpaired) electrons. The van der Waals surface area contributed by atoms with Gasteiger partial charge in [0.2, 0.25) is 0 Å². The number of benzene rings is 1. The van der Waals surface area contributed by atoms with Crippen LogP contribution in [0.4, 0.5) is 0 Å². The van der Waals surface area contributed by atoms with Gasteiger partial charge in [-0.1, -0.05) is 0 Å². The van der Waals surface area contributed by atoms with Crippen LogP contribution < -0.4 is 4.46 Å². The quantitative estimate of drug-likeness (QED) is 0.834. The molecule has 0 aliphatic rings. The van der Waals surface area contributed by atoms with Gasteiger partial charge in [0.05, 0.1) is 0 Å². The van der Waals surface area contributed by atoms with Crippen molar-refractivity contribution in [3.8, 4) is 0 Å². The molecule has 0 bridgehead atoms. The molecule has 0 aliphatic carbocycles. The van der Waals surface area contributed by atoms with Crippen LogP contribution in [-0.4, -0.2) is 26.0 Å². The number of hydrogen-bond acceptors (Lipinski definition) is 1. The van der Waals surface area contributed by atoms with Crippen LogP contribution in [0.15, 0.2) is 34.8 Å². The van der Waals surface area contributed by atoms with E-state index in [2.05, 4.69) is 4.97 Å². The van der Waals surface area contributed by atoms with Gasteiger partial charge in [-0.25, -0.2) is 0 Å². The first-order valence-electron chi connectivity index (χ1n) is 4.23. The minimum atomic E-state index is -0.843. The molecular formula is C11H12O2Se. The van der Waals surface area contributed by atoms with E-state index in [0.717, 1.165) is 4.46 Å². The van der Waals surface area contributed by atoms with Gasteiger partial charge < -0.3 is 0 Å². The van der Waals surface area contributed by atoms with Crippen molar-refractivity contribution in [3.63, 3.8) is 0 Å². The minimum absolute atomic E-state index is 0.119. The van der Waals surface area contributed by atoms with Gasteiger partial charge in [-0.15, -0.1) is 0 Å². The molecule has 1 aromatic carbocycles. The van der Waals surface area contributed by atoms with Crippen LogP contribution in [0.1, 0.15) is 24.2 Å². The summed E-state index contributed by atoms with van der Waals surface area (Å²) < 4.78 is 0.925. The molecule has 0 unspecified atom stereocenters. The summed E-state index contributed by atoms with van der Waals surface area (Å²) in [6.45, 7) is 4.04. The van der Waals surface area contributed by atoms with Gasteiger partial charge in [-0.3, -0.25) is 0 Å². The number of carboxylic acids is 1. The molecule has 2 nitrogen and oxygen atoms in total. The van der Waals surface area contributed by atoms with Crippen molar-refractivity contribution in [2.75, 3.05) is 0 Å². The van der Waals surface area contributed by atoms with E-state index >= 15 is 0 Å². The summed E-state index contributed by atoms with van der Waals surface area (Å²) in [6, 6.07) is 7.16.